The third kappa shape index (κ3) is 3.74. The Morgan fingerprint density at radius 1 is 1.00 bits per heavy atom. The summed E-state index contributed by atoms with van der Waals surface area (Å²) in [5.74, 6) is 4.16. The maximum absolute atomic E-state index is 5.68. The number of nitrogens with zero attached hydrogens (tertiary/aromatic N) is 3. The quantitative estimate of drug-likeness (QED) is 0.275. The zero-order valence-electron chi connectivity index (χ0n) is 18.8. The lowest BCUT2D eigenvalue weighted by Gasteiger charge is -2.13. The van der Waals surface area contributed by atoms with E-state index in [0.717, 1.165) is 45.2 Å². The number of aliphatic imine (C=N–C) groups is 1. The molecule has 3 heterocycles. The van der Waals surface area contributed by atoms with Crippen molar-refractivity contribution in [2.45, 2.75) is 32.6 Å². The number of benzene rings is 2. The smallest absolute Gasteiger partial charge is 0.154 e. The third-order valence-electron chi connectivity index (χ3n) is 5.42. The largest absolute Gasteiger partial charge is 0.463 e. The number of imidazole rings is 1. The summed E-state index contributed by atoms with van der Waals surface area (Å²) < 4.78 is 7.82. The zero-order valence-corrected chi connectivity index (χ0v) is 19.8. The lowest BCUT2D eigenvalue weighted by Crippen LogP contribution is -2.16. The van der Waals surface area contributed by atoms with Gasteiger partial charge in [-0.1, -0.05) is 55.9 Å². The van der Waals surface area contributed by atoms with E-state index in [1.807, 2.05) is 24.5 Å². The Kier molecular flexibility index (Phi) is 4.95. The maximum Gasteiger partial charge on any atom is 0.154 e. The van der Waals surface area contributed by atoms with Gasteiger partial charge < -0.3 is 4.42 Å². The van der Waals surface area contributed by atoms with Gasteiger partial charge in [-0.25, -0.2) is 4.98 Å². The summed E-state index contributed by atoms with van der Waals surface area (Å²) in [7, 11) is -1.48. The standard InChI is InChI=1S/C27H25N3OSi/c1-19-27-26(24-11-8-15-31-24)28-18-30(27)23-13-12-20(14-16-32(2,3)4)17-22(23)25(29-19)21-9-6-5-7-10-21/h5-13,15,17-19H,1-4H3/t19-/m0/s1. The van der Waals surface area contributed by atoms with E-state index in [0.29, 0.717) is 0 Å². The van der Waals surface area contributed by atoms with Crippen LogP contribution in [0.5, 0.6) is 0 Å². The normalized spacial score (nSPS) is 15.1. The molecule has 4 aromatic rings. The molecule has 2 aromatic carbocycles. The monoisotopic (exact) mass is 435 g/mol. The minimum atomic E-state index is -1.48. The summed E-state index contributed by atoms with van der Waals surface area (Å²) in [6.45, 7) is 8.89. The van der Waals surface area contributed by atoms with Gasteiger partial charge in [0.05, 0.1) is 29.4 Å². The van der Waals surface area contributed by atoms with Crippen molar-refractivity contribution in [2.24, 2.45) is 4.99 Å². The molecule has 5 rings (SSSR count). The highest BCUT2D eigenvalue weighted by Crippen LogP contribution is 2.36. The summed E-state index contributed by atoms with van der Waals surface area (Å²) in [4.78, 5) is 9.89. The number of aromatic nitrogens is 2. The van der Waals surface area contributed by atoms with Crippen molar-refractivity contribution in [3.63, 3.8) is 0 Å². The van der Waals surface area contributed by atoms with Gasteiger partial charge >= 0.3 is 0 Å². The Bertz CT molecular complexity index is 1360. The van der Waals surface area contributed by atoms with Crippen LogP contribution in [0.3, 0.4) is 0 Å². The summed E-state index contributed by atoms with van der Waals surface area (Å²) in [5.41, 5.74) is 10.5. The first kappa shape index (κ1) is 20.3. The topological polar surface area (TPSA) is 43.3 Å². The number of hydrogen-bond donors (Lipinski definition) is 0. The first-order chi connectivity index (χ1) is 15.4. The molecule has 0 amide bonds. The SMILES string of the molecule is C[C@@H]1N=C(c2ccccc2)c2cc(C#C[Si](C)(C)C)ccc2-n2cnc(-c3ccco3)c21. The lowest BCUT2D eigenvalue weighted by molar-refractivity contribution is 0.578. The van der Waals surface area contributed by atoms with E-state index in [-0.39, 0.29) is 6.04 Å². The molecule has 0 bridgehead atoms. The molecule has 158 valence electrons. The number of furan rings is 1. The molecule has 0 unspecified atom stereocenters. The Labute approximate surface area is 189 Å². The van der Waals surface area contributed by atoms with Crippen molar-refractivity contribution in [1.82, 2.24) is 9.55 Å². The molecular weight excluding hydrogens is 410 g/mol. The van der Waals surface area contributed by atoms with Gasteiger partial charge in [0.15, 0.2) is 5.76 Å². The highest BCUT2D eigenvalue weighted by molar-refractivity contribution is 6.83. The van der Waals surface area contributed by atoms with Gasteiger partial charge in [0.1, 0.15) is 20.1 Å². The molecule has 0 fully saturated rings. The second-order valence-corrected chi connectivity index (χ2v) is 13.8. The Balaban J connectivity index is 1.76. The Morgan fingerprint density at radius 3 is 2.53 bits per heavy atom. The molecular formula is C27H25N3OSi. The molecule has 0 spiro atoms. The van der Waals surface area contributed by atoms with E-state index in [2.05, 4.69) is 85.1 Å². The highest BCUT2D eigenvalue weighted by atomic mass is 28.3. The first-order valence-corrected chi connectivity index (χ1v) is 14.3. The molecule has 1 atom stereocenters. The predicted molar refractivity (Wildman–Crippen MR) is 132 cm³/mol. The maximum atomic E-state index is 5.68. The summed E-state index contributed by atoms with van der Waals surface area (Å²) in [5, 5.41) is 0. The molecule has 0 N–H and O–H groups in total. The number of rotatable bonds is 2. The minimum absolute atomic E-state index is 0.100. The first-order valence-electron chi connectivity index (χ1n) is 10.8. The molecule has 0 saturated carbocycles. The van der Waals surface area contributed by atoms with Crippen LogP contribution in [-0.4, -0.2) is 23.3 Å². The molecule has 0 saturated heterocycles. The van der Waals surface area contributed by atoms with Gasteiger partial charge in [-0.15, -0.1) is 5.54 Å². The average molecular weight is 436 g/mol. The summed E-state index contributed by atoms with van der Waals surface area (Å²) in [6.07, 6.45) is 3.55. The van der Waals surface area contributed by atoms with Crippen LogP contribution in [-0.2, 0) is 0 Å². The second kappa shape index (κ2) is 7.81. The Hall–Kier alpha value is -3.62. The number of hydrogen-bond acceptors (Lipinski definition) is 3. The van der Waals surface area contributed by atoms with Crippen LogP contribution in [0.25, 0.3) is 17.1 Å². The molecule has 5 heteroatoms. The van der Waals surface area contributed by atoms with Gasteiger partial charge in [-0.3, -0.25) is 9.56 Å². The van der Waals surface area contributed by atoms with E-state index >= 15 is 0 Å². The van der Waals surface area contributed by atoms with Crippen LogP contribution in [0.15, 0.2) is 82.7 Å². The van der Waals surface area contributed by atoms with Gasteiger partial charge in [0.2, 0.25) is 0 Å². The van der Waals surface area contributed by atoms with Crippen LogP contribution in [0.2, 0.25) is 19.6 Å². The van der Waals surface area contributed by atoms with E-state index in [1.165, 1.54) is 0 Å². The average Bonchev–Trinajstić information content (AvgIpc) is 3.43. The van der Waals surface area contributed by atoms with Crippen LogP contribution >= 0.6 is 0 Å². The second-order valence-electron chi connectivity index (χ2n) is 9.08. The van der Waals surface area contributed by atoms with Crippen molar-refractivity contribution in [3.05, 3.63) is 95.6 Å². The summed E-state index contributed by atoms with van der Waals surface area (Å²) in [6, 6.07) is 20.5. The predicted octanol–water partition coefficient (Wildman–Crippen LogP) is 6.27. The van der Waals surface area contributed by atoms with Crippen molar-refractivity contribution in [2.75, 3.05) is 0 Å². The van der Waals surface area contributed by atoms with Crippen LogP contribution in [0, 0.1) is 11.5 Å². The fourth-order valence-corrected chi connectivity index (χ4v) is 4.50. The van der Waals surface area contributed by atoms with E-state index in [1.54, 1.807) is 6.26 Å². The molecule has 0 aliphatic carbocycles. The molecule has 1 aliphatic heterocycles. The molecule has 0 radical (unpaired) electrons. The van der Waals surface area contributed by atoms with Crippen molar-refractivity contribution >= 4 is 13.8 Å². The van der Waals surface area contributed by atoms with E-state index in [9.17, 15) is 0 Å². The van der Waals surface area contributed by atoms with Crippen LogP contribution in [0.1, 0.15) is 35.3 Å². The van der Waals surface area contributed by atoms with E-state index < -0.39 is 8.07 Å². The lowest BCUT2D eigenvalue weighted by atomic mass is 9.98. The Morgan fingerprint density at radius 2 is 1.81 bits per heavy atom. The van der Waals surface area contributed by atoms with Crippen LogP contribution in [0.4, 0.5) is 0 Å². The molecule has 32 heavy (non-hydrogen) atoms. The fourth-order valence-electron chi connectivity index (χ4n) is 3.98. The van der Waals surface area contributed by atoms with Gasteiger partial charge in [-0.2, -0.15) is 0 Å². The van der Waals surface area contributed by atoms with Gasteiger partial charge in [0, 0.05) is 16.7 Å². The fraction of sp³-hybridized carbons (Fsp3) is 0.185. The van der Waals surface area contributed by atoms with Gasteiger partial charge in [0.25, 0.3) is 0 Å². The van der Waals surface area contributed by atoms with Crippen molar-refractivity contribution < 1.29 is 4.42 Å². The van der Waals surface area contributed by atoms with Gasteiger partial charge in [-0.05, 0) is 37.3 Å². The molecule has 1 aliphatic rings. The zero-order chi connectivity index (χ0) is 22.3. The number of fused-ring (bicyclic) bond motifs is 3. The molecule has 4 nitrogen and oxygen atoms in total. The minimum Gasteiger partial charge on any atom is -0.463 e. The van der Waals surface area contributed by atoms with E-state index in [4.69, 9.17) is 14.4 Å². The van der Waals surface area contributed by atoms with Crippen molar-refractivity contribution in [1.29, 1.82) is 0 Å². The summed E-state index contributed by atoms with van der Waals surface area (Å²) >= 11 is 0. The van der Waals surface area contributed by atoms with Crippen molar-refractivity contribution in [3.8, 4) is 28.6 Å². The molecule has 2 aromatic heterocycles. The van der Waals surface area contributed by atoms with Crippen LogP contribution < -0.4 is 0 Å². The highest BCUT2D eigenvalue weighted by Gasteiger charge is 2.27. The third-order valence-corrected chi connectivity index (χ3v) is 6.29.